The Kier molecular flexibility index (Phi) is 7.16. The molecule has 170 valence electrons. The third-order valence-corrected chi connectivity index (χ3v) is 7.66. The normalized spacial score (nSPS) is 11.8. The number of nitrogens with zero attached hydrogens (tertiary/aromatic N) is 3. The molecular weight excluding hydrogens is 424 g/mol. The summed E-state index contributed by atoms with van der Waals surface area (Å²) in [7, 11) is -2.13. The molecule has 3 rings (SSSR count). The zero-order valence-electron chi connectivity index (χ0n) is 19.2. The monoisotopic (exact) mass is 454 g/mol. The second kappa shape index (κ2) is 9.67. The molecule has 0 saturated carbocycles. The van der Waals surface area contributed by atoms with Crippen LogP contribution in [0.2, 0.25) is 0 Å². The molecule has 0 unspecified atom stereocenters. The largest absolute Gasteiger partial charge is 0.348 e. The maximum atomic E-state index is 12.8. The van der Waals surface area contributed by atoms with Crippen molar-refractivity contribution in [3.63, 3.8) is 0 Å². The van der Waals surface area contributed by atoms with Gasteiger partial charge in [0.15, 0.2) is 0 Å². The summed E-state index contributed by atoms with van der Waals surface area (Å²) in [5, 5.41) is 7.52. The zero-order valence-corrected chi connectivity index (χ0v) is 20.0. The van der Waals surface area contributed by atoms with E-state index in [0.29, 0.717) is 18.7 Å². The maximum absolute atomic E-state index is 12.8. The Balaban J connectivity index is 1.74. The molecule has 3 aromatic rings. The summed E-state index contributed by atoms with van der Waals surface area (Å²) < 4.78 is 28.7. The topological polar surface area (TPSA) is 84.3 Å². The third kappa shape index (κ3) is 5.08. The molecule has 0 atom stereocenters. The second-order valence-electron chi connectivity index (χ2n) is 8.12. The summed E-state index contributed by atoms with van der Waals surface area (Å²) in [5.41, 5.74) is 4.25. The molecule has 0 aliphatic heterocycles. The van der Waals surface area contributed by atoms with Gasteiger partial charge < -0.3 is 5.32 Å². The van der Waals surface area contributed by atoms with E-state index in [-0.39, 0.29) is 16.8 Å². The van der Waals surface area contributed by atoms with Crippen LogP contribution in [0, 0.1) is 13.8 Å². The lowest BCUT2D eigenvalue weighted by Crippen LogP contribution is -2.33. The fourth-order valence-corrected chi connectivity index (χ4v) is 4.83. The summed E-state index contributed by atoms with van der Waals surface area (Å²) in [4.78, 5) is 12.9. The van der Waals surface area contributed by atoms with Crippen molar-refractivity contribution in [3.8, 4) is 0 Å². The van der Waals surface area contributed by atoms with E-state index in [2.05, 4.69) is 22.5 Å². The minimum Gasteiger partial charge on any atom is -0.348 e. The molecule has 1 aromatic heterocycles. The molecule has 1 N–H and O–H groups in total. The molecule has 2 aromatic carbocycles. The predicted molar refractivity (Wildman–Crippen MR) is 125 cm³/mol. The van der Waals surface area contributed by atoms with Gasteiger partial charge in [-0.25, -0.2) is 8.42 Å². The first kappa shape index (κ1) is 23.7. The van der Waals surface area contributed by atoms with Crippen LogP contribution in [0.5, 0.6) is 0 Å². The molecule has 0 spiro atoms. The average Bonchev–Trinajstić information content (AvgIpc) is 3.04. The van der Waals surface area contributed by atoms with E-state index >= 15 is 0 Å². The van der Waals surface area contributed by atoms with E-state index in [9.17, 15) is 13.2 Å². The molecule has 7 nitrogen and oxygen atoms in total. The van der Waals surface area contributed by atoms with Crippen LogP contribution in [0.15, 0.2) is 59.5 Å². The number of carbonyl (C=O) groups excluding carboxylic acids is 1. The lowest BCUT2D eigenvalue weighted by atomic mass is 10.1. The number of hydrogen-bond acceptors (Lipinski definition) is 4. The third-order valence-electron chi connectivity index (χ3n) is 5.63. The van der Waals surface area contributed by atoms with E-state index in [0.717, 1.165) is 22.5 Å². The highest BCUT2D eigenvalue weighted by molar-refractivity contribution is 7.89. The molecule has 32 heavy (non-hydrogen) atoms. The van der Waals surface area contributed by atoms with Crippen LogP contribution in [0.3, 0.4) is 0 Å². The molecule has 8 heteroatoms. The van der Waals surface area contributed by atoms with Crippen molar-refractivity contribution in [3.05, 3.63) is 82.7 Å². The second-order valence-corrected chi connectivity index (χ2v) is 10.1. The number of rotatable bonds is 8. The Hall–Kier alpha value is -2.97. The van der Waals surface area contributed by atoms with Gasteiger partial charge in [-0.2, -0.15) is 9.40 Å². The van der Waals surface area contributed by atoms with Crippen LogP contribution in [0.4, 0.5) is 0 Å². The highest BCUT2D eigenvalue weighted by Gasteiger charge is 2.24. The Morgan fingerprint density at radius 2 is 1.78 bits per heavy atom. The standard InChI is InChI=1S/C24H30N4O3S/c1-17(2)27(5)32(30,31)22-13-9-12-21(14-22)24(29)25-15-23-18(3)26-28(19(23)4)16-20-10-7-6-8-11-20/h6-14,17H,15-16H2,1-5H3,(H,25,29). The van der Waals surface area contributed by atoms with Crippen molar-refractivity contribution >= 4 is 15.9 Å². The van der Waals surface area contributed by atoms with E-state index < -0.39 is 10.0 Å². The highest BCUT2D eigenvalue weighted by atomic mass is 32.2. The van der Waals surface area contributed by atoms with Crippen molar-refractivity contribution in [1.29, 1.82) is 0 Å². The van der Waals surface area contributed by atoms with Crippen LogP contribution in [-0.2, 0) is 23.1 Å². The minimum atomic E-state index is -3.66. The van der Waals surface area contributed by atoms with Gasteiger partial charge in [-0.15, -0.1) is 0 Å². The van der Waals surface area contributed by atoms with Crippen LogP contribution < -0.4 is 5.32 Å². The number of amides is 1. The van der Waals surface area contributed by atoms with Gasteiger partial charge in [-0.05, 0) is 51.5 Å². The maximum Gasteiger partial charge on any atom is 0.251 e. The number of aryl methyl sites for hydroxylation is 1. The lowest BCUT2D eigenvalue weighted by molar-refractivity contribution is 0.0950. The summed E-state index contributed by atoms with van der Waals surface area (Å²) in [6, 6.07) is 16.0. The van der Waals surface area contributed by atoms with Gasteiger partial charge in [0.25, 0.3) is 5.91 Å². The smallest absolute Gasteiger partial charge is 0.251 e. The van der Waals surface area contributed by atoms with E-state index in [1.54, 1.807) is 26.0 Å². The molecule has 0 aliphatic rings. The molecular formula is C24H30N4O3S. The number of benzene rings is 2. The molecule has 1 heterocycles. The first-order valence-electron chi connectivity index (χ1n) is 10.5. The average molecular weight is 455 g/mol. The molecule has 0 aliphatic carbocycles. The minimum absolute atomic E-state index is 0.101. The van der Waals surface area contributed by atoms with Gasteiger partial charge in [0.05, 0.1) is 17.1 Å². The van der Waals surface area contributed by atoms with E-state index in [4.69, 9.17) is 0 Å². The predicted octanol–water partition coefficient (Wildman–Crippen LogP) is 3.51. The summed E-state index contributed by atoms with van der Waals surface area (Å²) in [6.07, 6.45) is 0. The number of nitrogens with one attached hydrogen (secondary N) is 1. The summed E-state index contributed by atoms with van der Waals surface area (Å²) in [5.74, 6) is -0.330. The Bertz CT molecular complexity index is 1200. The lowest BCUT2D eigenvalue weighted by Gasteiger charge is -2.21. The van der Waals surface area contributed by atoms with E-state index in [1.807, 2.05) is 36.7 Å². The van der Waals surface area contributed by atoms with Crippen LogP contribution in [0.1, 0.15) is 46.7 Å². The van der Waals surface area contributed by atoms with Gasteiger partial charge in [-0.3, -0.25) is 9.48 Å². The van der Waals surface area contributed by atoms with Gasteiger partial charge in [0.2, 0.25) is 10.0 Å². The number of carbonyl (C=O) groups is 1. The zero-order chi connectivity index (χ0) is 23.5. The molecule has 0 radical (unpaired) electrons. The van der Waals surface area contributed by atoms with Gasteiger partial charge in [-0.1, -0.05) is 36.4 Å². The number of sulfonamides is 1. The summed E-state index contributed by atoms with van der Waals surface area (Å²) >= 11 is 0. The number of aromatic nitrogens is 2. The molecule has 0 saturated heterocycles. The van der Waals surface area contributed by atoms with Crippen molar-refractivity contribution < 1.29 is 13.2 Å². The fraction of sp³-hybridized carbons (Fsp3) is 0.333. The Labute approximate surface area is 190 Å². The van der Waals surface area contributed by atoms with Crippen LogP contribution in [-0.4, -0.2) is 41.5 Å². The number of hydrogen-bond donors (Lipinski definition) is 1. The SMILES string of the molecule is Cc1nn(Cc2ccccc2)c(C)c1CNC(=O)c1cccc(S(=O)(=O)N(C)C(C)C)c1. The first-order valence-corrected chi connectivity index (χ1v) is 12.0. The van der Waals surface area contributed by atoms with Gasteiger partial charge in [0, 0.05) is 36.5 Å². The van der Waals surface area contributed by atoms with Gasteiger partial charge in [0.1, 0.15) is 0 Å². The summed E-state index contributed by atoms with van der Waals surface area (Å²) in [6.45, 7) is 8.48. The fourth-order valence-electron chi connectivity index (χ4n) is 3.41. The van der Waals surface area contributed by atoms with Crippen molar-refractivity contribution in [2.24, 2.45) is 0 Å². The molecule has 0 bridgehead atoms. The van der Waals surface area contributed by atoms with Crippen molar-refractivity contribution in [2.45, 2.75) is 51.7 Å². The Morgan fingerprint density at radius 3 is 2.44 bits per heavy atom. The van der Waals surface area contributed by atoms with Crippen LogP contribution in [0.25, 0.3) is 0 Å². The van der Waals surface area contributed by atoms with Crippen molar-refractivity contribution in [1.82, 2.24) is 19.4 Å². The highest BCUT2D eigenvalue weighted by Crippen LogP contribution is 2.19. The van der Waals surface area contributed by atoms with Crippen LogP contribution >= 0.6 is 0 Å². The van der Waals surface area contributed by atoms with Gasteiger partial charge >= 0.3 is 0 Å². The quantitative estimate of drug-likeness (QED) is 0.565. The molecule has 1 amide bonds. The van der Waals surface area contributed by atoms with Crippen molar-refractivity contribution in [2.75, 3.05) is 7.05 Å². The van der Waals surface area contributed by atoms with E-state index in [1.165, 1.54) is 23.5 Å². The Morgan fingerprint density at radius 1 is 1.09 bits per heavy atom. The first-order chi connectivity index (χ1) is 15.1. The molecule has 0 fully saturated rings.